The fourth-order valence-corrected chi connectivity index (χ4v) is 4.34. The van der Waals surface area contributed by atoms with Crippen molar-refractivity contribution < 1.29 is 24.2 Å². The summed E-state index contributed by atoms with van der Waals surface area (Å²) in [5, 5.41) is 8.97. The number of carboxylic acid groups (broad SMARTS) is 1. The smallest absolute Gasteiger partial charge is 0.332 e. The van der Waals surface area contributed by atoms with E-state index < -0.39 is 18.2 Å². The van der Waals surface area contributed by atoms with Crippen molar-refractivity contribution in [3.05, 3.63) is 0 Å². The first kappa shape index (κ1) is 19.1. The molecule has 26 heavy (non-hydrogen) atoms. The van der Waals surface area contributed by atoms with Crippen LogP contribution in [0.4, 0.5) is 0 Å². The van der Waals surface area contributed by atoms with E-state index in [1.807, 2.05) is 4.90 Å². The number of ether oxygens (including phenoxy) is 1. The van der Waals surface area contributed by atoms with Gasteiger partial charge in [-0.1, -0.05) is 32.1 Å². The summed E-state index contributed by atoms with van der Waals surface area (Å²) >= 11 is 0. The monoisotopic (exact) mass is 366 g/mol. The van der Waals surface area contributed by atoms with Gasteiger partial charge >= 0.3 is 5.97 Å². The van der Waals surface area contributed by atoms with E-state index in [9.17, 15) is 14.4 Å². The molecule has 0 aromatic carbocycles. The minimum Gasteiger partial charge on any atom is -0.479 e. The first-order chi connectivity index (χ1) is 12.5. The van der Waals surface area contributed by atoms with Crippen molar-refractivity contribution in [1.29, 1.82) is 0 Å². The molecule has 0 aromatic rings. The summed E-state index contributed by atoms with van der Waals surface area (Å²) in [7, 11) is 0. The Labute approximate surface area is 154 Å². The second-order valence-corrected chi connectivity index (χ2v) is 7.78. The SMILES string of the molecule is O=C(O)[C@H]1CC[C@@H](C(=O)N2CCN(C(=O)CCC3CCCCC3)CC2)O1. The molecule has 1 saturated carbocycles. The molecule has 3 rings (SSSR count). The minimum absolute atomic E-state index is 0.136. The lowest BCUT2D eigenvalue weighted by Gasteiger charge is -2.36. The molecule has 7 heteroatoms. The molecule has 2 atom stereocenters. The van der Waals surface area contributed by atoms with Crippen LogP contribution in [0.15, 0.2) is 0 Å². The van der Waals surface area contributed by atoms with Crippen LogP contribution in [0.1, 0.15) is 57.8 Å². The van der Waals surface area contributed by atoms with Gasteiger partial charge in [-0.2, -0.15) is 0 Å². The maximum absolute atomic E-state index is 12.5. The van der Waals surface area contributed by atoms with Gasteiger partial charge in [-0.3, -0.25) is 9.59 Å². The number of carbonyl (C=O) groups excluding carboxylic acids is 2. The summed E-state index contributed by atoms with van der Waals surface area (Å²) in [6, 6.07) is 0. The van der Waals surface area contributed by atoms with Crippen LogP contribution in [0.3, 0.4) is 0 Å². The normalized spacial score (nSPS) is 27.5. The number of amides is 2. The van der Waals surface area contributed by atoms with Gasteiger partial charge in [0.2, 0.25) is 5.91 Å². The number of carbonyl (C=O) groups is 3. The van der Waals surface area contributed by atoms with Crippen molar-refractivity contribution in [2.45, 2.75) is 70.0 Å². The maximum atomic E-state index is 12.5. The van der Waals surface area contributed by atoms with Crippen LogP contribution in [-0.4, -0.2) is 71.1 Å². The Morgan fingerprint density at radius 1 is 0.846 bits per heavy atom. The van der Waals surface area contributed by atoms with E-state index in [-0.39, 0.29) is 11.8 Å². The van der Waals surface area contributed by atoms with Gasteiger partial charge < -0.3 is 19.6 Å². The predicted molar refractivity (Wildman–Crippen MR) is 94.5 cm³/mol. The molecule has 2 heterocycles. The highest BCUT2D eigenvalue weighted by molar-refractivity contribution is 5.83. The molecule has 0 unspecified atom stereocenters. The molecule has 3 fully saturated rings. The zero-order valence-corrected chi connectivity index (χ0v) is 15.4. The van der Waals surface area contributed by atoms with Crippen LogP contribution in [-0.2, 0) is 19.1 Å². The van der Waals surface area contributed by atoms with E-state index in [0.29, 0.717) is 51.4 Å². The Morgan fingerprint density at radius 3 is 2.08 bits per heavy atom. The number of rotatable bonds is 5. The molecule has 0 aromatic heterocycles. The molecule has 3 aliphatic rings. The first-order valence-corrected chi connectivity index (χ1v) is 9.99. The largest absolute Gasteiger partial charge is 0.479 e. The van der Waals surface area contributed by atoms with Crippen molar-refractivity contribution in [2.24, 2.45) is 5.92 Å². The zero-order chi connectivity index (χ0) is 18.5. The summed E-state index contributed by atoms with van der Waals surface area (Å²) in [6.07, 6.45) is 7.37. The second kappa shape index (κ2) is 8.84. The number of aliphatic carboxylic acids is 1. The first-order valence-electron chi connectivity index (χ1n) is 9.99. The third-order valence-corrected chi connectivity index (χ3v) is 6.01. The highest BCUT2D eigenvalue weighted by Gasteiger charge is 2.37. The van der Waals surface area contributed by atoms with Gasteiger partial charge in [0.25, 0.3) is 5.91 Å². The van der Waals surface area contributed by atoms with E-state index in [0.717, 1.165) is 6.42 Å². The topological polar surface area (TPSA) is 87.2 Å². The molecule has 0 spiro atoms. The Kier molecular flexibility index (Phi) is 6.51. The molecular weight excluding hydrogens is 336 g/mol. The van der Waals surface area contributed by atoms with E-state index in [1.165, 1.54) is 32.1 Å². The average Bonchev–Trinajstić information content (AvgIpc) is 3.17. The molecule has 2 saturated heterocycles. The lowest BCUT2D eigenvalue weighted by molar-refractivity contribution is -0.156. The predicted octanol–water partition coefficient (Wildman–Crippen LogP) is 1.65. The molecule has 7 nitrogen and oxygen atoms in total. The number of hydrogen-bond donors (Lipinski definition) is 1. The summed E-state index contributed by atoms with van der Waals surface area (Å²) < 4.78 is 5.35. The number of piperazine rings is 1. The van der Waals surface area contributed by atoms with E-state index in [4.69, 9.17) is 9.84 Å². The van der Waals surface area contributed by atoms with Crippen molar-refractivity contribution in [2.75, 3.05) is 26.2 Å². The number of nitrogens with zero attached hydrogens (tertiary/aromatic N) is 2. The van der Waals surface area contributed by atoms with Crippen molar-refractivity contribution in [3.8, 4) is 0 Å². The Morgan fingerprint density at radius 2 is 1.46 bits per heavy atom. The zero-order valence-electron chi connectivity index (χ0n) is 15.4. The van der Waals surface area contributed by atoms with Crippen LogP contribution >= 0.6 is 0 Å². The molecular formula is C19H30N2O5. The lowest BCUT2D eigenvalue weighted by Crippen LogP contribution is -2.53. The van der Waals surface area contributed by atoms with Gasteiger partial charge in [0.1, 0.15) is 6.10 Å². The van der Waals surface area contributed by atoms with Crippen molar-refractivity contribution in [1.82, 2.24) is 9.80 Å². The number of hydrogen-bond acceptors (Lipinski definition) is 4. The van der Waals surface area contributed by atoms with Gasteiger partial charge in [0, 0.05) is 32.6 Å². The Bertz CT molecular complexity index is 524. The minimum atomic E-state index is -1.01. The average molecular weight is 366 g/mol. The van der Waals surface area contributed by atoms with Crippen molar-refractivity contribution in [3.63, 3.8) is 0 Å². The van der Waals surface area contributed by atoms with Gasteiger partial charge in [-0.15, -0.1) is 0 Å². The standard InChI is InChI=1S/C19H30N2O5/c22-17(9-6-14-4-2-1-3-5-14)20-10-12-21(13-11-20)18(23)15-7-8-16(26-15)19(24)25/h14-16H,1-13H2,(H,24,25)/t15-,16+/m0/s1. The quantitative estimate of drug-likeness (QED) is 0.799. The molecule has 1 aliphatic carbocycles. The molecule has 2 aliphatic heterocycles. The van der Waals surface area contributed by atoms with E-state index in [2.05, 4.69) is 0 Å². The summed E-state index contributed by atoms with van der Waals surface area (Å²) in [5.74, 6) is -0.236. The maximum Gasteiger partial charge on any atom is 0.332 e. The van der Waals surface area contributed by atoms with Gasteiger partial charge in [0.15, 0.2) is 6.10 Å². The van der Waals surface area contributed by atoms with E-state index in [1.54, 1.807) is 4.90 Å². The number of carboxylic acids is 1. The lowest BCUT2D eigenvalue weighted by atomic mass is 9.86. The summed E-state index contributed by atoms with van der Waals surface area (Å²) in [6.45, 7) is 2.13. The second-order valence-electron chi connectivity index (χ2n) is 7.78. The fourth-order valence-electron chi connectivity index (χ4n) is 4.34. The highest BCUT2D eigenvalue weighted by atomic mass is 16.5. The van der Waals surface area contributed by atoms with Crippen LogP contribution in [0.5, 0.6) is 0 Å². The fraction of sp³-hybridized carbons (Fsp3) is 0.842. The van der Waals surface area contributed by atoms with Crippen LogP contribution in [0, 0.1) is 5.92 Å². The molecule has 146 valence electrons. The van der Waals surface area contributed by atoms with Gasteiger partial charge in [0.05, 0.1) is 0 Å². The van der Waals surface area contributed by atoms with Gasteiger partial charge in [-0.05, 0) is 25.2 Å². The highest BCUT2D eigenvalue weighted by Crippen LogP contribution is 2.27. The molecule has 0 bridgehead atoms. The van der Waals surface area contributed by atoms with Crippen molar-refractivity contribution >= 4 is 17.8 Å². The third kappa shape index (κ3) is 4.75. The van der Waals surface area contributed by atoms with Gasteiger partial charge in [-0.25, -0.2) is 4.79 Å². The van der Waals surface area contributed by atoms with Crippen LogP contribution in [0.25, 0.3) is 0 Å². The molecule has 2 amide bonds. The third-order valence-electron chi connectivity index (χ3n) is 6.01. The summed E-state index contributed by atoms with van der Waals surface area (Å²) in [4.78, 5) is 39.4. The van der Waals surface area contributed by atoms with Crippen LogP contribution in [0.2, 0.25) is 0 Å². The molecule has 0 radical (unpaired) electrons. The Hall–Kier alpha value is -1.63. The molecule has 1 N–H and O–H groups in total. The van der Waals surface area contributed by atoms with E-state index >= 15 is 0 Å². The van der Waals surface area contributed by atoms with Crippen LogP contribution < -0.4 is 0 Å². The Balaban J connectivity index is 1.38. The summed E-state index contributed by atoms with van der Waals surface area (Å²) in [5.41, 5.74) is 0.